The molecule has 0 atom stereocenters. The Morgan fingerprint density at radius 2 is 2.12 bits per heavy atom. The molecule has 1 aromatic rings. The number of nitrogens with zero attached hydrogens (tertiary/aromatic N) is 1. The zero-order valence-electron chi connectivity index (χ0n) is 9.72. The first-order valence-electron chi connectivity index (χ1n) is 5.88. The van der Waals surface area contributed by atoms with Gasteiger partial charge in [0.1, 0.15) is 0 Å². The van der Waals surface area contributed by atoms with E-state index in [1.54, 1.807) is 24.5 Å². The first kappa shape index (κ1) is 12.0. The van der Waals surface area contributed by atoms with Crippen LogP contribution in [0.4, 0.5) is 4.39 Å². The van der Waals surface area contributed by atoms with Crippen molar-refractivity contribution >= 4 is 0 Å². The maximum absolute atomic E-state index is 14.4. The molecule has 2 rings (SSSR count). The summed E-state index contributed by atoms with van der Waals surface area (Å²) < 4.78 is 14.4. The molecular formula is C14H17FN2. The molecule has 0 unspecified atom stereocenters. The summed E-state index contributed by atoms with van der Waals surface area (Å²) >= 11 is 0. The van der Waals surface area contributed by atoms with Crippen molar-refractivity contribution < 1.29 is 4.39 Å². The van der Waals surface area contributed by atoms with Crippen molar-refractivity contribution in [2.75, 3.05) is 6.54 Å². The molecule has 17 heavy (non-hydrogen) atoms. The van der Waals surface area contributed by atoms with Crippen LogP contribution in [-0.2, 0) is 6.42 Å². The summed E-state index contributed by atoms with van der Waals surface area (Å²) in [4.78, 5) is 3.99. The van der Waals surface area contributed by atoms with E-state index in [4.69, 9.17) is 5.73 Å². The Labute approximate surface area is 101 Å². The summed E-state index contributed by atoms with van der Waals surface area (Å²) in [5, 5.41) is 0. The Kier molecular flexibility index (Phi) is 3.69. The van der Waals surface area contributed by atoms with Gasteiger partial charge in [0.2, 0.25) is 0 Å². The van der Waals surface area contributed by atoms with E-state index in [9.17, 15) is 4.39 Å². The maximum Gasteiger partial charge on any atom is 0.151 e. The quantitative estimate of drug-likeness (QED) is 0.810. The first-order chi connectivity index (χ1) is 8.22. The second-order valence-electron chi connectivity index (χ2n) is 4.42. The molecule has 2 N–H and O–H groups in total. The van der Waals surface area contributed by atoms with Gasteiger partial charge in [-0.25, -0.2) is 4.39 Å². The summed E-state index contributed by atoms with van der Waals surface area (Å²) in [6.07, 6.45) is 11.7. The van der Waals surface area contributed by atoms with E-state index in [0.29, 0.717) is 13.0 Å². The highest BCUT2D eigenvalue weighted by molar-refractivity contribution is 5.27. The van der Waals surface area contributed by atoms with Gasteiger partial charge in [-0.2, -0.15) is 0 Å². The van der Waals surface area contributed by atoms with Gasteiger partial charge in [0.05, 0.1) is 0 Å². The number of pyridine rings is 1. The Balaban J connectivity index is 2.03. The molecule has 0 aliphatic heterocycles. The van der Waals surface area contributed by atoms with Crippen LogP contribution in [0.5, 0.6) is 0 Å². The third-order valence-electron chi connectivity index (χ3n) is 2.94. The van der Waals surface area contributed by atoms with Gasteiger partial charge in [-0.3, -0.25) is 4.98 Å². The van der Waals surface area contributed by atoms with Crippen molar-refractivity contribution in [2.45, 2.75) is 18.5 Å². The number of nitrogens with two attached hydrogens (primary N) is 1. The molecule has 0 saturated heterocycles. The number of rotatable bonds is 4. The largest absolute Gasteiger partial charge is 0.330 e. The molecule has 0 amide bonds. The molecule has 0 bridgehead atoms. The highest BCUT2D eigenvalue weighted by atomic mass is 19.1. The van der Waals surface area contributed by atoms with E-state index in [1.165, 1.54) is 0 Å². The van der Waals surface area contributed by atoms with E-state index in [2.05, 4.69) is 4.98 Å². The number of hydrogen-bond acceptors (Lipinski definition) is 2. The maximum atomic E-state index is 14.4. The van der Waals surface area contributed by atoms with Crippen molar-refractivity contribution in [3.05, 3.63) is 54.4 Å². The molecule has 1 aliphatic carbocycles. The first-order valence-corrected chi connectivity index (χ1v) is 5.88. The van der Waals surface area contributed by atoms with Gasteiger partial charge in [0, 0.05) is 18.8 Å². The third kappa shape index (κ3) is 3.24. The van der Waals surface area contributed by atoms with Crippen molar-refractivity contribution in [3.63, 3.8) is 0 Å². The number of halogens is 1. The Hall–Kier alpha value is -1.48. The zero-order chi connectivity index (χ0) is 12.1. The average Bonchev–Trinajstić information content (AvgIpc) is 2.34. The summed E-state index contributed by atoms with van der Waals surface area (Å²) in [7, 11) is 0. The predicted molar refractivity (Wildman–Crippen MR) is 67.2 cm³/mol. The standard InChI is InChI=1S/C14H17FN2/c15-14(10-13-2-1-9-17-11-13)6-3-12(4-7-14)5-8-16/h1-4,6-7,9,11-12H,5,8,10,16H2. The number of hydrogen-bond donors (Lipinski definition) is 1. The normalized spacial score (nSPS) is 27.3. The Morgan fingerprint density at radius 3 is 2.71 bits per heavy atom. The topological polar surface area (TPSA) is 38.9 Å². The van der Waals surface area contributed by atoms with Crippen molar-refractivity contribution in [1.82, 2.24) is 4.98 Å². The number of alkyl halides is 1. The minimum absolute atomic E-state index is 0.276. The molecule has 0 radical (unpaired) electrons. The number of aromatic nitrogens is 1. The molecule has 0 spiro atoms. The minimum Gasteiger partial charge on any atom is -0.330 e. The van der Waals surface area contributed by atoms with Gasteiger partial charge < -0.3 is 5.73 Å². The monoisotopic (exact) mass is 232 g/mol. The van der Waals surface area contributed by atoms with Gasteiger partial charge in [0.15, 0.2) is 5.67 Å². The van der Waals surface area contributed by atoms with Crippen LogP contribution in [0.15, 0.2) is 48.8 Å². The van der Waals surface area contributed by atoms with E-state index >= 15 is 0 Å². The summed E-state index contributed by atoms with van der Waals surface area (Å²) in [6.45, 7) is 0.626. The van der Waals surface area contributed by atoms with Gasteiger partial charge in [0.25, 0.3) is 0 Å². The molecular weight excluding hydrogens is 215 g/mol. The molecule has 0 saturated carbocycles. The molecule has 3 heteroatoms. The molecule has 1 aliphatic rings. The molecule has 1 aromatic heterocycles. The molecule has 2 nitrogen and oxygen atoms in total. The molecule has 90 valence electrons. The smallest absolute Gasteiger partial charge is 0.151 e. The van der Waals surface area contributed by atoms with Gasteiger partial charge in [-0.05, 0) is 42.7 Å². The Morgan fingerprint density at radius 1 is 1.35 bits per heavy atom. The lowest BCUT2D eigenvalue weighted by atomic mass is 9.88. The minimum atomic E-state index is -1.38. The van der Waals surface area contributed by atoms with Crippen molar-refractivity contribution in [1.29, 1.82) is 0 Å². The van der Waals surface area contributed by atoms with Crippen LogP contribution in [0.25, 0.3) is 0 Å². The predicted octanol–water partition coefficient (Wildman–Crippen LogP) is 2.42. The second-order valence-corrected chi connectivity index (χ2v) is 4.42. The Bertz CT molecular complexity index is 397. The lowest BCUT2D eigenvalue weighted by Gasteiger charge is -2.23. The van der Waals surface area contributed by atoms with E-state index in [1.807, 2.05) is 24.3 Å². The van der Waals surface area contributed by atoms with E-state index in [-0.39, 0.29) is 5.92 Å². The average molecular weight is 232 g/mol. The fraction of sp³-hybridized carbons (Fsp3) is 0.357. The van der Waals surface area contributed by atoms with Crippen molar-refractivity contribution in [3.8, 4) is 0 Å². The van der Waals surface area contributed by atoms with Crippen LogP contribution < -0.4 is 5.73 Å². The highest BCUT2D eigenvalue weighted by Crippen LogP contribution is 2.27. The fourth-order valence-corrected chi connectivity index (χ4v) is 2.01. The van der Waals surface area contributed by atoms with Gasteiger partial charge >= 0.3 is 0 Å². The SMILES string of the molecule is NCCC1C=CC(F)(Cc2cccnc2)C=C1. The van der Waals surface area contributed by atoms with Crippen LogP contribution in [0.3, 0.4) is 0 Å². The van der Waals surface area contributed by atoms with E-state index < -0.39 is 5.67 Å². The second kappa shape index (κ2) is 5.23. The molecule has 0 aromatic carbocycles. The van der Waals surface area contributed by atoms with Crippen LogP contribution in [0.1, 0.15) is 12.0 Å². The third-order valence-corrected chi connectivity index (χ3v) is 2.94. The summed E-state index contributed by atoms with van der Waals surface area (Å²) in [5.74, 6) is 0.276. The lowest BCUT2D eigenvalue weighted by molar-refractivity contribution is 0.290. The fourth-order valence-electron chi connectivity index (χ4n) is 2.01. The van der Waals surface area contributed by atoms with Crippen LogP contribution in [-0.4, -0.2) is 17.2 Å². The van der Waals surface area contributed by atoms with Gasteiger partial charge in [-0.15, -0.1) is 0 Å². The lowest BCUT2D eigenvalue weighted by Crippen LogP contribution is -2.23. The molecule has 0 fully saturated rings. The zero-order valence-corrected chi connectivity index (χ0v) is 9.72. The summed E-state index contributed by atoms with van der Waals surface area (Å²) in [5.41, 5.74) is 5.00. The van der Waals surface area contributed by atoms with Crippen LogP contribution >= 0.6 is 0 Å². The van der Waals surface area contributed by atoms with E-state index in [0.717, 1.165) is 12.0 Å². The number of allylic oxidation sites excluding steroid dienone is 4. The highest BCUT2D eigenvalue weighted by Gasteiger charge is 2.26. The molecule has 1 heterocycles. The summed E-state index contributed by atoms with van der Waals surface area (Å²) in [6, 6.07) is 3.72. The van der Waals surface area contributed by atoms with Crippen LogP contribution in [0.2, 0.25) is 0 Å². The van der Waals surface area contributed by atoms with Gasteiger partial charge in [-0.1, -0.05) is 18.2 Å². The van der Waals surface area contributed by atoms with Crippen molar-refractivity contribution in [2.24, 2.45) is 11.7 Å². The van der Waals surface area contributed by atoms with Crippen LogP contribution in [0, 0.1) is 5.92 Å².